The quantitative estimate of drug-likeness (QED) is 0.878. The molecule has 2 rings (SSSR count). The maximum absolute atomic E-state index is 13.5. The van der Waals surface area contributed by atoms with E-state index in [2.05, 4.69) is 5.32 Å². The molecule has 0 saturated carbocycles. The van der Waals surface area contributed by atoms with Crippen molar-refractivity contribution in [1.82, 2.24) is 5.32 Å². The smallest absolute Gasteiger partial charge is 0.154 e. The van der Waals surface area contributed by atoms with Gasteiger partial charge in [0.1, 0.15) is 5.82 Å². The minimum absolute atomic E-state index is 0.0657. The largest absolute Gasteiger partial charge is 0.316 e. The summed E-state index contributed by atoms with van der Waals surface area (Å²) in [7, 11) is -3.33. The lowest BCUT2D eigenvalue weighted by molar-refractivity contribution is 0.378. The summed E-state index contributed by atoms with van der Waals surface area (Å²) in [4.78, 5) is 0. The standard InChI is InChI=1S/C12H13FN2O2S/c13-12-2-1-9(4-14)3-11(12)8-18(16,17)7-10-5-15-6-10/h1-3,10,15H,5-8H2. The molecule has 1 fully saturated rings. The number of rotatable bonds is 4. The van der Waals surface area contributed by atoms with Crippen LogP contribution in [0.5, 0.6) is 0 Å². The Bertz CT molecular complexity index is 589. The second kappa shape index (κ2) is 5.04. The predicted octanol–water partition coefficient (Wildman–Crippen LogP) is 0.832. The highest BCUT2D eigenvalue weighted by molar-refractivity contribution is 7.90. The lowest BCUT2D eigenvalue weighted by Gasteiger charge is -2.26. The Balaban J connectivity index is 2.15. The number of hydrogen-bond donors (Lipinski definition) is 1. The minimum atomic E-state index is -3.33. The molecule has 0 aromatic heterocycles. The van der Waals surface area contributed by atoms with Gasteiger partial charge in [-0.25, -0.2) is 12.8 Å². The van der Waals surface area contributed by atoms with Crippen LogP contribution in [-0.2, 0) is 15.6 Å². The molecular formula is C12H13FN2O2S. The summed E-state index contributed by atoms with van der Waals surface area (Å²) >= 11 is 0. The fourth-order valence-corrected chi connectivity index (χ4v) is 3.64. The van der Waals surface area contributed by atoms with Crippen LogP contribution < -0.4 is 5.32 Å². The Labute approximate surface area is 105 Å². The van der Waals surface area contributed by atoms with Gasteiger partial charge < -0.3 is 5.32 Å². The van der Waals surface area contributed by atoms with Gasteiger partial charge in [0.25, 0.3) is 0 Å². The first-order valence-corrected chi connectivity index (χ1v) is 7.42. The van der Waals surface area contributed by atoms with Gasteiger partial charge in [0.2, 0.25) is 0 Å². The van der Waals surface area contributed by atoms with Gasteiger partial charge in [0, 0.05) is 18.7 Å². The molecule has 1 aromatic carbocycles. The van der Waals surface area contributed by atoms with Gasteiger partial charge in [-0.3, -0.25) is 0 Å². The third-order valence-corrected chi connectivity index (χ3v) is 4.64. The molecule has 1 heterocycles. The maximum Gasteiger partial charge on any atom is 0.154 e. The van der Waals surface area contributed by atoms with Crippen molar-refractivity contribution >= 4 is 9.84 Å². The van der Waals surface area contributed by atoms with Crippen molar-refractivity contribution in [2.45, 2.75) is 5.75 Å². The van der Waals surface area contributed by atoms with E-state index in [1.165, 1.54) is 12.1 Å². The molecule has 0 atom stereocenters. The molecule has 6 heteroatoms. The van der Waals surface area contributed by atoms with Crippen LogP contribution >= 0.6 is 0 Å². The molecule has 1 aliphatic heterocycles. The Morgan fingerprint density at radius 3 is 2.72 bits per heavy atom. The summed E-state index contributed by atoms with van der Waals surface area (Å²) in [5.74, 6) is -0.734. The van der Waals surface area contributed by atoms with Crippen molar-refractivity contribution < 1.29 is 12.8 Å². The van der Waals surface area contributed by atoms with Crippen LogP contribution in [0.4, 0.5) is 4.39 Å². The molecule has 1 saturated heterocycles. The highest BCUT2D eigenvalue weighted by atomic mass is 32.2. The Morgan fingerprint density at radius 2 is 2.17 bits per heavy atom. The fourth-order valence-electron chi connectivity index (χ4n) is 1.88. The van der Waals surface area contributed by atoms with Gasteiger partial charge >= 0.3 is 0 Å². The fraction of sp³-hybridized carbons (Fsp3) is 0.417. The van der Waals surface area contributed by atoms with E-state index in [1.807, 2.05) is 6.07 Å². The summed E-state index contributed by atoms with van der Waals surface area (Å²) in [6.45, 7) is 1.39. The van der Waals surface area contributed by atoms with Crippen LogP contribution in [0, 0.1) is 23.1 Å². The number of nitrogens with one attached hydrogen (secondary N) is 1. The Kier molecular flexibility index (Phi) is 3.64. The highest BCUT2D eigenvalue weighted by Crippen LogP contribution is 2.16. The van der Waals surface area contributed by atoms with E-state index in [-0.39, 0.29) is 28.6 Å². The van der Waals surface area contributed by atoms with Crippen LogP contribution in [-0.4, -0.2) is 27.3 Å². The van der Waals surface area contributed by atoms with E-state index in [4.69, 9.17) is 5.26 Å². The van der Waals surface area contributed by atoms with Crippen molar-refractivity contribution in [3.05, 3.63) is 35.1 Å². The molecule has 1 N–H and O–H groups in total. The molecule has 0 radical (unpaired) electrons. The van der Waals surface area contributed by atoms with Crippen LogP contribution in [0.15, 0.2) is 18.2 Å². The summed E-state index contributed by atoms with van der Waals surface area (Å²) in [6, 6.07) is 5.64. The average molecular weight is 268 g/mol. The van der Waals surface area contributed by atoms with Crippen LogP contribution in [0.3, 0.4) is 0 Å². The topological polar surface area (TPSA) is 70.0 Å². The molecule has 0 aliphatic carbocycles. The summed E-state index contributed by atoms with van der Waals surface area (Å²) < 4.78 is 37.2. The van der Waals surface area contributed by atoms with Crippen molar-refractivity contribution in [3.63, 3.8) is 0 Å². The first-order chi connectivity index (χ1) is 8.50. The van der Waals surface area contributed by atoms with Crippen molar-refractivity contribution in [2.75, 3.05) is 18.8 Å². The van der Waals surface area contributed by atoms with E-state index in [1.54, 1.807) is 0 Å². The zero-order valence-corrected chi connectivity index (χ0v) is 10.5. The van der Waals surface area contributed by atoms with Gasteiger partial charge in [-0.15, -0.1) is 0 Å². The predicted molar refractivity (Wildman–Crippen MR) is 65.0 cm³/mol. The van der Waals surface area contributed by atoms with E-state index in [0.29, 0.717) is 13.1 Å². The van der Waals surface area contributed by atoms with Gasteiger partial charge in [-0.05, 0) is 24.1 Å². The molecule has 0 unspecified atom stereocenters. The molecule has 1 aliphatic rings. The van der Waals surface area contributed by atoms with Gasteiger partial charge in [0.05, 0.1) is 23.1 Å². The van der Waals surface area contributed by atoms with Crippen molar-refractivity contribution in [2.24, 2.45) is 5.92 Å². The molecule has 0 spiro atoms. The molecule has 0 bridgehead atoms. The second-order valence-corrected chi connectivity index (χ2v) is 6.61. The number of benzene rings is 1. The molecule has 18 heavy (non-hydrogen) atoms. The van der Waals surface area contributed by atoms with Gasteiger partial charge in [-0.2, -0.15) is 5.26 Å². The van der Waals surface area contributed by atoms with Crippen molar-refractivity contribution in [1.29, 1.82) is 5.26 Å². The first-order valence-electron chi connectivity index (χ1n) is 5.60. The number of hydrogen-bond acceptors (Lipinski definition) is 4. The zero-order valence-electron chi connectivity index (χ0n) is 9.69. The van der Waals surface area contributed by atoms with Gasteiger partial charge in [0.15, 0.2) is 9.84 Å². The minimum Gasteiger partial charge on any atom is -0.316 e. The van der Waals surface area contributed by atoms with E-state index < -0.39 is 15.7 Å². The lowest BCUT2D eigenvalue weighted by atomic mass is 10.1. The van der Waals surface area contributed by atoms with Crippen LogP contribution in [0.2, 0.25) is 0 Å². The number of halogens is 1. The molecular weight excluding hydrogens is 255 g/mol. The lowest BCUT2D eigenvalue weighted by Crippen LogP contribution is -2.45. The average Bonchev–Trinajstić information content (AvgIpc) is 2.27. The summed E-state index contributed by atoms with van der Waals surface area (Å²) in [6.07, 6.45) is 0. The van der Waals surface area contributed by atoms with E-state index in [0.717, 1.165) is 6.07 Å². The molecule has 96 valence electrons. The molecule has 4 nitrogen and oxygen atoms in total. The normalized spacial score (nSPS) is 16.0. The van der Waals surface area contributed by atoms with Crippen molar-refractivity contribution in [3.8, 4) is 6.07 Å². The molecule has 1 aromatic rings. The third kappa shape index (κ3) is 3.06. The van der Waals surface area contributed by atoms with Crippen LogP contribution in [0.1, 0.15) is 11.1 Å². The van der Waals surface area contributed by atoms with Crippen LogP contribution in [0.25, 0.3) is 0 Å². The monoisotopic (exact) mass is 268 g/mol. The maximum atomic E-state index is 13.5. The van der Waals surface area contributed by atoms with E-state index in [9.17, 15) is 12.8 Å². The Morgan fingerprint density at radius 1 is 1.44 bits per heavy atom. The first kappa shape index (κ1) is 13.0. The summed E-state index contributed by atoms with van der Waals surface area (Å²) in [5.41, 5.74) is 0.341. The SMILES string of the molecule is N#Cc1ccc(F)c(CS(=O)(=O)CC2CNC2)c1. The number of nitriles is 1. The van der Waals surface area contributed by atoms with E-state index >= 15 is 0 Å². The second-order valence-electron chi connectivity index (χ2n) is 4.50. The zero-order chi connectivity index (χ0) is 13.2. The highest BCUT2D eigenvalue weighted by Gasteiger charge is 2.25. The summed E-state index contributed by atoms with van der Waals surface area (Å²) in [5, 5.41) is 11.7. The third-order valence-electron chi connectivity index (χ3n) is 2.91. The number of sulfone groups is 1. The van der Waals surface area contributed by atoms with Gasteiger partial charge in [-0.1, -0.05) is 0 Å². The number of nitrogens with zero attached hydrogens (tertiary/aromatic N) is 1. The molecule has 0 amide bonds. The Hall–Kier alpha value is -1.45.